The van der Waals surface area contributed by atoms with E-state index in [-0.39, 0.29) is 54.6 Å². The van der Waals surface area contributed by atoms with Gasteiger partial charge in [0.15, 0.2) is 0 Å². The summed E-state index contributed by atoms with van der Waals surface area (Å²) in [5, 5.41) is 17.8. The van der Waals surface area contributed by atoms with E-state index in [2.05, 4.69) is 36.3 Å². The molecule has 0 saturated carbocycles. The molecule has 1 fully saturated rings. The number of H-pyrrole nitrogens is 1. The van der Waals surface area contributed by atoms with Gasteiger partial charge in [-0.3, -0.25) is 19.2 Å². The third-order valence-corrected chi connectivity index (χ3v) is 13.3. The van der Waals surface area contributed by atoms with Crippen molar-refractivity contribution in [1.29, 1.82) is 0 Å². The summed E-state index contributed by atoms with van der Waals surface area (Å²) in [6.45, 7) is 13.6. The van der Waals surface area contributed by atoms with Crippen LogP contribution in [0.4, 0.5) is 4.39 Å². The largest absolute Gasteiger partial charge is 0.379 e. The van der Waals surface area contributed by atoms with Crippen LogP contribution < -0.4 is 21.3 Å². The highest BCUT2D eigenvalue weighted by Gasteiger charge is 2.45. The smallest absolute Gasteiger partial charge is 0.249 e. The molecule has 7 rings (SSSR count). The Labute approximate surface area is 438 Å². The lowest BCUT2D eigenvalue weighted by Crippen LogP contribution is -2.59. The number of carbonyl (C=O) groups is 4. The lowest BCUT2D eigenvalue weighted by Gasteiger charge is -2.36. The Morgan fingerprint density at radius 1 is 0.840 bits per heavy atom. The molecule has 4 aromatic heterocycles. The van der Waals surface area contributed by atoms with Gasteiger partial charge in [0, 0.05) is 84.3 Å². The van der Waals surface area contributed by atoms with Crippen LogP contribution in [0.5, 0.6) is 0 Å². The topological polar surface area (TPSA) is 208 Å². The van der Waals surface area contributed by atoms with Gasteiger partial charge < -0.3 is 54.7 Å². The third kappa shape index (κ3) is 15.7. The number of hydrogen-bond donors (Lipinski definition) is 5. The van der Waals surface area contributed by atoms with Crippen molar-refractivity contribution in [3.05, 3.63) is 121 Å². The van der Waals surface area contributed by atoms with Crippen LogP contribution in [0, 0.1) is 11.2 Å². The number of ether oxygens (including phenoxy) is 4. The summed E-state index contributed by atoms with van der Waals surface area (Å²) < 4.78 is 39.8. The van der Waals surface area contributed by atoms with Crippen molar-refractivity contribution in [2.45, 2.75) is 90.6 Å². The molecule has 5 atom stereocenters. The molecule has 1 aliphatic rings. The van der Waals surface area contributed by atoms with E-state index in [4.69, 9.17) is 18.9 Å². The Balaban J connectivity index is 0.761. The van der Waals surface area contributed by atoms with Gasteiger partial charge in [-0.2, -0.15) is 5.10 Å². The van der Waals surface area contributed by atoms with Gasteiger partial charge in [-0.05, 0) is 67.6 Å². The number of hydrogen-bond acceptors (Lipinski definition) is 12. The van der Waals surface area contributed by atoms with E-state index in [9.17, 15) is 23.6 Å². The quantitative estimate of drug-likeness (QED) is 0.0351. The second-order valence-electron chi connectivity index (χ2n) is 19.9. The van der Waals surface area contributed by atoms with E-state index in [1.54, 1.807) is 43.5 Å². The number of likely N-dealkylation sites (tertiary alicyclic amines) is 1. The molecular formula is C56H73FN10O8. The Hall–Kier alpha value is -6.61. The number of amides is 3. The summed E-state index contributed by atoms with van der Waals surface area (Å²) in [7, 11) is 1.69. The molecular weight excluding hydrogens is 960 g/mol. The van der Waals surface area contributed by atoms with Gasteiger partial charge in [0.1, 0.15) is 23.5 Å². The first-order valence-corrected chi connectivity index (χ1v) is 25.9. The molecule has 2 aromatic carbocycles. The molecule has 3 amide bonds. The van der Waals surface area contributed by atoms with E-state index >= 15 is 0 Å². The monoisotopic (exact) mass is 1030 g/mol. The van der Waals surface area contributed by atoms with E-state index < -0.39 is 23.5 Å². The maximum Gasteiger partial charge on any atom is 0.249 e. The zero-order valence-corrected chi connectivity index (χ0v) is 44.0. The number of rotatable bonds is 28. The van der Waals surface area contributed by atoms with Gasteiger partial charge in [0.05, 0.1) is 77.6 Å². The fraction of sp³-hybridized carbons (Fsp3) is 0.464. The van der Waals surface area contributed by atoms with Crippen LogP contribution in [0.25, 0.3) is 33.3 Å². The second kappa shape index (κ2) is 27.3. The predicted octanol–water partition coefficient (Wildman–Crippen LogP) is 6.14. The number of nitrogens with one attached hydrogen (secondary N) is 5. The van der Waals surface area contributed by atoms with Gasteiger partial charge in [0.25, 0.3) is 0 Å². The van der Waals surface area contributed by atoms with Crippen molar-refractivity contribution in [2.24, 2.45) is 5.41 Å². The zero-order valence-electron chi connectivity index (χ0n) is 44.0. The Bertz CT molecular complexity index is 2790. The molecule has 5 N–H and O–H groups in total. The Morgan fingerprint density at radius 3 is 2.25 bits per heavy atom. The molecule has 19 heteroatoms. The van der Waals surface area contributed by atoms with Gasteiger partial charge >= 0.3 is 0 Å². The summed E-state index contributed by atoms with van der Waals surface area (Å²) in [6.07, 6.45) is 12.2. The molecule has 1 aliphatic heterocycles. The number of likely N-dealkylation sites (N-methyl/N-ethyl adjacent to an activating group) is 1. The van der Waals surface area contributed by atoms with Crippen molar-refractivity contribution < 1.29 is 42.5 Å². The van der Waals surface area contributed by atoms with Crippen LogP contribution in [-0.2, 0) is 39.9 Å². The van der Waals surface area contributed by atoms with Crippen molar-refractivity contribution >= 4 is 34.7 Å². The van der Waals surface area contributed by atoms with Crippen LogP contribution in [0.2, 0.25) is 0 Å². The second-order valence-corrected chi connectivity index (χ2v) is 19.9. The molecule has 0 aliphatic carbocycles. The molecule has 0 bridgehead atoms. The molecule has 18 nitrogen and oxygen atoms in total. The minimum Gasteiger partial charge on any atom is -0.379 e. The number of halogens is 1. The predicted molar refractivity (Wildman–Crippen MR) is 284 cm³/mol. The lowest BCUT2D eigenvalue weighted by molar-refractivity contribution is -0.144. The molecule has 75 heavy (non-hydrogen) atoms. The molecule has 5 heterocycles. The summed E-state index contributed by atoms with van der Waals surface area (Å²) in [5.41, 5.74) is 5.54. The van der Waals surface area contributed by atoms with Crippen molar-refractivity contribution in [2.75, 3.05) is 73.0 Å². The minimum atomic E-state index is -0.845. The molecule has 0 unspecified atom stereocenters. The van der Waals surface area contributed by atoms with Crippen molar-refractivity contribution in [3.63, 3.8) is 0 Å². The van der Waals surface area contributed by atoms with E-state index in [1.165, 1.54) is 16.8 Å². The Morgan fingerprint density at radius 2 is 1.56 bits per heavy atom. The molecule has 6 aromatic rings. The average molecular weight is 1030 g/mol. The third-order valence-electron chi connectivity index (χ3n) is 13.3. The highest BCUT2D eigenvalue weighted by atomic mass is 19.1. The number of carbonyl (C=O) groups excluding carboxylic acids is 4. The summed E-state index contributed by atoms with van der Waals surface area (Å²) in [4.78, 5) is 63.7. The van der Waals surface area contributed by atoms with Gasteiger partial charge in [0.2, 0.25) is 23.6 Å². The lowest BCUT2D eigenvalue weighted by atomic mass is 9.85. The van der Waals surface area contributed by atoms with Crippen LogP contribution in [-0.4, -0.2) is 150 Å². The SMILES string of the molecule is CC[C@@H](NC(=O)[C@@H]1C[C@H](NCCOCCOCCOCCOCCC(=O)n2cc(-c3cnc4[nH]cc(-c5ccn(Cc6cccc(F)c6)c5)c4c3)cn2)CN1C(=O)[C@@H](NC(=O)[C@H](C)NC)C(C)(C)C)c1ccccc1. The van der Waals surface area contributed by atoms with Crippen LogP contribution in [0.1, 0.15) is 75.8 Å². The van der Waals surface area contributed by atoms with Gasteiger partial charge in [-0.15, -0.1) is 0 Å². The standard InChI is InChI=1S/C56H73FN10O8/c1-7-48(40-13-9-8-10-14-40)63-54(70)49-30-45(37-66(49)55(71)51(56(3,4)5)64-53(69)38(2)58-6)59-18-21-73-23-25-75-27-26-74-24-22-72-20-17-50(68)67-36-43(32-62-67)42-29-46-47(33-61-52(46)60-31-42)41-16-19-65(35-41)34-39-12-11-15-44(57)28-39/h8-16,19,28-29,31-33,35-36,38,45,48-49,51,58-59H,7,17-18,20-27,30,34,37H2,1-6H3,(H,60,61)(H,63,70)(H,64,69)/t38-,45-,48+,49-,51+/m0/s1. The van der Waals surface area contributed by atoms with E-state index in [0.717, 1.165) is 44.4 Å². The number of pyridine rings is 1. The van der Waals surface area contributed by atoms with Crippen LogP contribution >= 0.6 is 0 Å². The van der Waals surface area contributed by atoms with Crippen LogP contribution in [0.15, 0.2) is 104 Å². The Kier molecular flexibility index (Phi) is 20.4. The summed E-state index contributed by atoms with van der Waals surface area (Å²) >= 11 is 0. The van der Waals surface area contributed by atoms with Crippen LogP contribution in [0.3, 0.4) is 0 Å². The highest BCUT2D eigenvalue weighted by Crippen LogP contribution is 2.32. The number of benzene rings is 2. The molecule has 402 valence electrons. The van der Waals surface area contributed by atoms with Crippen molar-refractivity contribution in [3.8, 4) is 22.3 Å². The number of fused-ring (bicyclic) bond motifs is 1. The van der Waals surface area contributed by atoms with Gasteiger partial charge in [-0.1, -0.05) is 70.2 Å². The number of aromatic nitrogens is 5. The molecule has 0 radical (unpaired) electrons. The van der Waals surface area contributed by atoms with Gasteiger partial charge in [-0.25, -0.2) is 14.1 Å². The highest BCUT2D eigenvalue weighted by molar-refractivity contribution is 5.96. The maximum atomic E-state index is 14.3. The minimum absolute atomic E-state index is 0.145. The molecule has 1 saturated heterocycles. The van der Waals surface area contributed by atoms with Crippen molar-refractivity contribution in [1.82, 2.24) is 50.5 Å². The average Bonchev–Trinajstić information content (AvgIpc) is 4.25. The summed E-state index contributed by atoms with van der Waals surface area (Å²) in [5.74, 6) is -1.28. The normalized spacial score (nSPS) is 16.0. The fourth-order valence-corrected chi connectivity index (χ4v) is 8.99. The molecule has 0 spiro atoms. The zero-order chi connectivity index (χ0) is 53.3. The first-order valence-electron chi connectivity index (χ1n) is 25.9. The number of aromatic amines is 1. The first-order chi connectivity index (χ1) is 36.2. The fourth-order valence-electron chi connectivity index (χ4n) is 8.99. The van der Waals surface area contributed by atoms with E-state index in [0.29, 0.717) is 78.7 Å². The first kappa shape index (κ1) is 56.1. The van der Waals surface area contributed by atoms with E-state index in [1.807, 2.05) is 99.4 Å². The number of nitrogens with zero attached hydrogens (tertiary/aromatic N) is 5. The maximum absolute atomic E-state index is 14.3. The summed E-state index contributed by atoms with van der Waals surface area (Å²) in [6, 6.07) is 18.0.